The topological polar surface area (TPSA) is 24.7 Å². The number of hydrogen-bond acceptors (Lipinski definition) is 2. The summed E-state index contributed by atoms with van der Waals surface area (Å²) in [5, 5.41) is 0. The zero-order valence-corrected chi connectivity index (χ0v) is 15.0. The predicted octanol–water partition coefficient (Wildman–Crippen LogP) is 4.34. The summed E-state index contributed by atoms with van der Waals surface area (Å²) in [4.78, 5) is 14.9. The van der Waals surface area contributed by atoms with Crippen molar-refractivity contribution >= 4 is 27.1 Å². The number of fused-ring (bicyclic) bond motifs is 2. The van der Waals surface area contributed by atoms with Crippen LogP contribution in [0.1, 0.15) is 22.3 Å². The van der Waals surface area contributed by atoms with Crippen molar-refractivity contribution in [2.75, 3.05) is 4.90 Å². The van der Waals surface area contributed by atoms with Crippen molar-refractivity contribution in [3.05, 3.63) is 79.4 Å². The fraction of sp³-hybridized carbons (Fsp3) is 0.211. The molecule has 0 N–H and O–H groups in total. The molecule has 0 aliphatic carbocycles. The minimum Gasteiger partial charge on any atom is -0.362 e. The number of aryl methyl sites for hydroxylation is 1. The average molecular weight is 387 g/mol. The maximum absolute atomic E-state index is 13.5. The van der Waals surface area contributed by atoms with E-state index < -0.39 is 0 Å². The Morgan fingerprint density at radius 1 is 1.08 bits per heavy atom. The lowest BCUT2D eigenvalue weighted by molar-refractivity contribution is 0.626. The second-order valence-electron chi connectivity index (χ2n) is 6.35. The minimum atomic E-state index is -0.218. The second kappa shape index (κ2) is 5.45. The quantitative estimate of drug-likeness (QED) is 0.621. The molecule has 1 aliphatic heterocycles. The first kappa shape index (κ1) is 15.4. The van der Waals surface area contributed by atoms with Crippen LogP contribution < -0.4 is 10.5 Å². The van der Waals surface area contributed by atoms with Gasteiger partial charge in [0.05, 0.1) is 5.52 Å². The van der Waals surface area contributed by atoms with E-state index in [9.17, 15) is 9.18 Å². The Labute approximate surface area is 147 Å². The van der Waals surface area contributed by atoms with E-state index >= 15 is 0 Å². The first-order valence-electron chi connectivity index (χ1n) is 7.78. The number of nitrogens with zero attached hydrogens (tertiary/aromatic N) is 2. The fourth-order valence-electron chi connectivity index (χ4n) is 3.40. The summed E-state index contributed by atoms with van der Waals surface area (Å²) in [5.74, 6) is -0.218. The van der Waals surface area contributed by atoms with Gasteiger partial charge < -0.3 is 4.90 Å². The molecule has 3 aromatic rings. The predicted molar refractivity (Wildman–Crippen MR) is 97.1 cm³/mol. The summed E-state index contributed by atoms with van der Waals surface area (Å²) in [7, 11) is 0. The molecular formula is C19H16BrFN2O. The van der Waals surface area contributed by atoms with Crippen molar-refractivity contribution in [1.29, 1.82) is 0 Å². The van der Waals surface area contributed by atoms with Gasteiger partial charge >= 0.3 is 0 Å². The Balaban J connectivity index is 1.87. The van der Waals surface area contributed by atoms with Crippen LogP contribution in [-0.4, -0.2) is 4.40 Å². The van der Waals surface area contributed by atoms with E-state index in [-0.39, 0.29) is 11.4 Å². The number of pyridine rings is 2. The number of anilines is 1. The Bertz CT molecular complexity index is 1040. The van der Waals surface area contributed by atoms with Gasteiger partial charge in [0.2, 0.25) is 0 Å². The van der Waals surface area contributed by atoms with Gasteiger partial charge in [-0.3, -0.25) is 9.20 Å². The SMILES string of the molecule is Cc1cc(Br)c2cc(N3Cc4ccc(F)cc4C3)c(C)c(=O)n2c1. The number of halogens is 2. The molecule has 1 aromatic carbocycles. The van der Waals surface area contributed by atoms with Gasteiger partial charge in [0, 0.05) is 35.0 Å². The molecule has 4 rings (SSSR count). The lowest BCUT2D eigenvalue weighted by Gasteiger charge is -2.21. The minimum absolute atomic E-state index is 0.0194. The summed E-state index contributed by atoms with van der Waals surface area (Å²) >= 11 is 3.56. The van der Waals surface area contributed by atoms with Crippen molar-refractivity contribution in [3.63, 3.8) is 0 Å². The molecule has 0 bridgehead atoms. The third-order valence-corrected chi connectivity index (χ3v) is 5.26. The van der Waals surface area contributed by atoms with Gasteiger partial charge in [0.1, 0.15) is 5.82 Å². The van der Waals surface area contributed by atoms with Crippen LogP contribution in [0.3, 0.4) is 0 Å². The number of benzene rings is 1. The molecule has 0 amide bonds. The Kier molecular flexibility index (Phi) is 3.49. The molecule has 0 radical (unpaired) electrons. The van der Waals surface area contributed by atoms with E-state index in [0.717, 1.165) is 32.4 Å². The maximum atomic E-state index is 13.5. The molecule has 122 valence electrons. The molecule has 1 aliphatic rings. The summed E-state index contributed by atoms with van der Waals surface area (Å²) in [6.45, 7) is 5.12. The highest BCUT2D eigenvalue weighted by atomic mass is 79.9. The van der Waals surface area contributed by atoms with Gasteiger partial charge in [-0.15, -0.1) is 0 Å². The Morgan fingerprint density at radius 2 is 1.83 bits per heavy atom. The number of hydrogen-bond donors (Lipinski definition) is 0. The molecular weight excluding hydrogens is 371 g/mol. The van der Waals surface area contributed by atoms with Crippen LogP contribution in [0.5, 0.6) is 0 Å². The third-order valence-electron chi connectivity index (χ3n) is 4.62. The standard InChI is InChI=1S/C19H16BrFN2O/c1-11-5-16(20)18-7-17(12(2)19(24)23(18)8-11)22-9-13-3-4-15(21)6-14(13)10-22/h3-8H,9-10H2,1-2H3. The summed E-state index contributed by atoms with van der Waals surface area (Å²) in [6, 6.07) is 8.93. The van der Waals surface area contributed by atoms with Crippen LogP contribution in [0, 0.1) is 19.7 Å². The second-order valence-corrected chi connectivity index (χ2v) is 7.20. The molecule has 24 heavy (non-hydrogen) atoms. The van der Waals surface area contributed by atoms with Crippen LogP contribution in [0.2, 0.25) is 0 Å². The molecule has 0 saturated heterocycles. The first-order chi connectivity index (χ1) is 11.4. The average Bonchev–Trinajstić information content (AvgIpc) is 2.94. The summed E-state index contributed by atoms with van der Waals surface area (Å²) in [5.41, 5.74) is 5.55. The van der Waals surface area contributed by atoms with Gasteiger partial charge in [0.25, 0.3) is 5.56 Å². The van der Waals surface area contributed by atoms with Gasteiger partial charge in [-0.05, 0) is 70.7 Å². The normalized spacial score (nSPS) is 13.6. The van der Waals surface area contributed by atoms with Crippen LogP contribution in [0.15, 0.2) is 45.8 Å². The van der Waals surface area contributed by atoms with Gasteiger partial charge in [0.15, 0.2) is 0 Å². The Morgan fingerprint density at radius 3 is 2.62 bits per heavy atom. The van der Waals surface area contributed by atoms with Crippen LogP contribution in [-0.2, 0) is 13.1 Å². The fourth-order valence-corrected chi connectivity index (χ4v) is 4.06. The molecule has 2 aromatic heterocycles. The Hall–Kier alpha value is -2.14. The van der Waals surface area contributed by atoms with Crippen LogP contribution >= 0.6 is 15.9 Å². The zero-order chi connectivity index (χ0) is 17.0. The van der Waals surface area contributed by atoms with Crippen molar-refractivity contribution < 1.29 is 4.39 Å². The monoisotopic (exact) mass is 386 g/mol. The summed E-state index contributed by atoms with van der Waals surface area (Å²) < 4.78 is 16.0. The molecule has 0 fully saturated rings. The van der Waals surface area contributed by atoms with E-state index in [1.165, 1.54) is 6.07 Å². The third kappa shape index (κ3) is 2.35. The maximum Gasteiger partial charge on any atom is 0.260 e. The first-order valence-corrected chi connectivity index (χ1v) is 8.58. The molecule has 0 saturated carbocycles. The van der Waals surface area contributed by atoms with Crippen molar-refractivity contribution in [1.82, 2.24) is 4.40 Å². The zero-order valence-electron chi connectivity index (χ0n) is 13.4. The molecule has 5 heteroatoms. The largest absolute Gasteiger partial charge is 0.362 e. The van der Waals surface area contributed by atoms with Crippen LogP contribution in [0.4, 0.5) is 10.1 Å². The van der Waals surface area contributed by atoms with Gasteiger partial charge in [-0.25, -0.2) is 4.39 Å². The van der Waals surface area contributed by atoms with Crippen LogP contribution in [0.25, 0.3) is 5.52 Å². The number of rotatable bonds is 1. The van der Waals surface area contributed by atoms with E-state index in [0.29, 0.717) is 18.7 Å². The highest BCUT2D eigenvalue weighted by Crippen LogP contribution is 2.32. The molecule has 0 spiro atoms. The highest BCUT2D eigenvalue weighted by Gasteiger charge is 2.23. The van der Waals surface area contributed by atoms with Crippen molar-refractivity contribution in [2.45, 2.75) is 26.9 Å². The van der Waals surface area contributed by atoms with Gasteiger partial charge in [-0.2, -0.15) is 0 Å². The lowest BCUT2D eigenvalue weighted by Crippen LogP contribution is -2.23. The molecule has 3 heterocycles. The smallest absolute Gasteiger partial charge is 0.260 e. The lowest BCUT2D eigenvalue weighted by atomic mass is 10.1. The molecule has 0 atom stereocenters. The van der Waals surface area contributed by atoms with E-state index in [1.807, 2.05) is 38.2 Å². The molecule has 3 nitrogen and oxygen atoms in total. The molecule has 0 unspecified atom stereocenters. The van der Waals surface area contributed by atoms with Crippen molar-refractivity contribution in [2.24, 2.45) is 0 Å². The van der Waals surface area contributed by atoms with E-state index in [4.69, 9.17) is 0 Å². The van der Waals surface area contributed by atoms with Crippen molar-refractivity contribution in [3.8, 4) is 0 Å². The highest BCUT2D eigenvalue weighted by molar-refractivity contribution is 9.10. The van der Waals surface area contributed by atoms with E-state index in [2.05, 4.69) is 20.8 Å². The number of aromatic nitrogens is 1. The van der Waals surface area contributed by atoms with Gasteiger partial charge in [-0.1, -0.05) is 6.07 Å². The van der Waals surface area contributed by atoms with E-state index in [1.54, 1.807) is 10.5 Å². The summed E-state index contributed by atoms with van der Waals surface area (Å²) in [6.07, 6.45) is 1.85.